The average molecular weight is 764 g/mol. The van der Waals surface area contributed by atoms with Crippen molar-refractivity contribution in [3.63, 3.8) is 0 Å². The highest BCUT2D eigenvalue weighted by molar-refractivity contribution is 14.1. The molecule has 2 aromatic carbocycles. The zero-order chi connectivity index (χ0) is 33.5. The molecule has 0 radical (unpaired) electrons. The molecule has 2 aliphatic rings. The quantitative estimate of drug-likeness (QED) is 0.155. The van der Waals surface area contributed by atoms with E-state index in [1.807, 2.05) is 22.6 Å². The highest BCUT2D eigenvalue weighted by Gasteiger charge is 2.42. The second-order valence-electron chi connectivity index (χ2n) is 11.2. The van der Waals surface area contributed by atoms with Gasteiger partial charge in [0.2, 0.25) is 5.91 Å². The molecule has 0 bridgehead atoms. The van der Waals surface area contributed by atoms with E-state index >= 15 is 0 Å². The minimum atomic E-state index is -1.34. The summed E-state index contributed by atoms with van der Waals surface area (Å²) in [7, 11) is 1.45. The van der Waals surface area contributed by atoms with E-state index in [0.29, 0.717) is 58.7 Å². The molecule has 0 spiro atoms. The number of rotatable bonds is 12. The fourth-order valence-corrected chi connectivity index (χ4v) is 6.55. The van der Waals surface area contributed by atoms with Gasteiger partial charge < -0.3 is 44.2 Å². The zero-order valence-corrected chi connectivity index (χ0v) is 28.1. The van der Waals surface area contributed by atoms with Crippen LogP contribution in [0.4, 0.5) is 0 Å². The first kappa shape index (κ1) is 34.8. The van der Waals surface area contributed by atoms with Crippen LogP contribution in [0.5, 0.6) is 11.5 Å². The summed E-state index contributed by atoms with van der Waals surface area (Å²) in [5.41, 5.74) is 0.139. The van der Waals surface area contributed by atoms with E-state index in [-0.39, 0.29) is 49.6 Å². The normalized spacial score (nSPS) is 20.0. The molecule has 5 rings (SSSR count). The summed E-state index contributed by atoms with van der Waals surface area (Å²) in [6.45, 7) is 2.42. The molecule has 252 valence electrons. The molecule has 3 aromatic rings. The number of morpholine rings is 1. The molecular weight excluding hydrogens is 725 g/mol. The summed E-state index contributed by atoms with van der Waals surface area (Å²) in [5, 5.41) is 34.1. The Morgan fingerprint density at radius 2 is 1.91 bits per heavy atom. The number of methoxy groups -OCH3 is 1. The number of nitrogens with one attached hydrogen (secondary N) is 1. The number of amides is 2. The summed E-state index contributed by atoms with van der Waals surface area (Å²) in [6.07, 6.45) is -1.02. The van der Waals surface area contributed by atoms with Crippen LogP contribution in [-0.4, -0.2) is 115 Å². The number of hydrogen-bond donors (Lipinski definition) is 4. The van der Waals surface area contributed by atoms with Gasteiger partial charge in [0.25, 0.3) is 5.91 Å². The van der Waals surface area contributed by atoms with Crippen molar-refractivity contribution in [2.45, 2.75) is 31.3 Å². The van der Waals surface area contributed by atoms with Crippen LogP contribution in [0.25, 0.3) is 11.0 Å². The average Bonchev–Trinajstić information content (AvgIpc) is 3.09. The molecular formula is C33H38IN3O10. The number of carbonyl (C=O) groups excluding carboxylic acids is 2. The van der Waals surface area contributed by atoms with Crippen molar-refractivity contribution in [3.05, 3.63) is 79.2 Å². The van der Waals surface area contributed by atoms with Gasteiger partial charge in [0, 0.05) is 50.1 Å². The standard InChI is InChI=1S/C33H38IN3O10/c1-44-28-15-20(19-39)14-24(34)30(28)46-27-18-22(31(41)35-6-11-38)17-25(29(27)40)37(8-7-36-9-12-45-13-10-36)32(42)23-16-21-4-2-3-5-26(21)47-33(23)43/h2-5,14-16,18,25,27,29,38-40H,6-13,17,19H2,1H3,(H,35,41). The SMILES string of the molecule is COc1cc(CO)cc(I)c1OC1C=C(C(=O)NCCO)CC(N(CCN2CCOCC2)C(=O)c2cc3ccccc3oc2=O)C1O. The maximum atomic E-state index is 14.3. The van der Waals surface area contributed by atoms with E-state index < -0.39 is 35.7 Å². The number of nitrogens with zero attached hydrogens (tertiary/aromatic N) is 2. The van der Waals surface area contributed by atoms with Gasteiger partial charge in [-0.3, -0.25) is 14.5 Å². The number of fused-ring (bicyclic) bond motifs is 1. The second-order valence-corrected chi connectivity index (χ2v) is 12.4. The van der Waals surface area contributed by atoms with Crippen molar-refractivity contribution in [1.82, 2.24) is 15.1 Å². The van der Waals surface area contributed by atoms with Crippen LogP contribution in [0.1, 0.15) is 22.3 Å². The lowest BCUT2D eigenvalue weighted by atomic mass is 9.87. The maximum Gasteiger partial charge on any atom is 0.349 e. The van der Waals surface area contributed by atoms with Crippen molar-refractivity contribution in [3.8, 4) is 11.5 Å². The van der Waals surface area contributed by atoms with Gasteiger partial charge in [0.1, 0.15) is 23.4 Å². The Morgan fingerprint density at radius 1 is 1.15 bits per heavy atom. The van der Waals surface area contributed by atoms with E-state index in [2.05, 4.69) is 10.2 Å². The molecule has 47 heavy (non-hydrogen) atoms. The van der Waals surface area contributed by atoms with Crippen LogP contribution in [0.2, 0.25) is 0 Å². The first-order valence-electron chi connectivity index (χ1n) is 15.3. The maximum absolute atomic E-state index is 14.3. The van der Waals surface area contributed by atoms with Crippen molar-refractivity contribution >= 4 is 45.4 Å². The lowest BCUT2D eigenvalue weighted by molar-refractivity contribution is -0.118. The van der Waals surface area contributed by atoms with Crippen molar-refractivity contribution in [1.29, 1.82) is 0 Å². The number of benzene rings is 2. The second kappa shape index (κ2) is 16.0. The Morgan fingerprint density at radius 3 is 2.64 bits per heavy atom. The van der Waals surface area contributed by atoms with Crippen molar-refractivity contribution < 1.29 is 43.5 Å². The van der Waals surface area contributed by atoms with Crippen LogP contribution in [0.3, 0.4) is 0 Å². The third-order valence-electron chi connectivity index (χ3n) is 8.23. The Bertz CT molecular complexity index is 1670. The topological polar surface area (TPSA) is 171 Å². The molecule has 1 aromatic heterocycles. The largest absolute Gasteiger partial charge is 0.493 e. The molecule has 14 heteroatoms. The monoisotopic (exact) mass is 763 g/mol. The number of carbonyl (C=O) groups is 2. The third kappa shape index (κ3) is 8.13. The van der Waals surface area contributed by atoms with Crippen LogP contribution in [-0.2, 0) is 16.1 Å². The minimum Gasteiger partial charge on any atom is -0.493 e. The van der Waals surface area contributed by atoms with E-state index in [9.17, 15) is 29.7 Å². The Kier molecular flexibility index (Phi) is 11.9. The number of halogens is 1. The lowest BCUT2D eigenvalue weighted by Gasteiger charge is -2.41. The molecule has 3 atom stereocenters. The summed E-state index contributed by atoms with van der Waals surface area (Å²) in [6, 6.07) is 10.7. The van der Waals surface area contributed by atoms with Crippen molar-refractivity contribution in [2.75, 3.05) is 59.7 Å². The summed E-state index contributed by atoms with van der Waals surface area (Å²) in [5.74, 6) is -0.559. The number of ether oxygens (including phenoxy) is 3. The van der Waals surface area contributed by atoms with Gasteiger partial charge in [-0.05, 0) is 58.5 Å². The molecule has 1 fully saturated rings. The molecule has 1 aliphatic heterocycles. The number of para-hydroxylation sites is 1. The Labute approximate surface area is 284 Å². The molecule has 4 N–H and O–H groups in total. The van der Waals surface area contributed by atoms with E-state index in [1.54, 1.807) is 36.4 Å². The predicted octanol–water partition coefficient (Wildman–Crippen LogP) is 1.29. The molecule has 1 aliphatic carbocycles. The molecule has 2 amide bonds. The third-order valence-corrected chi connectivity index (χ3v) is 9.04. The smallest absolute Gasteiger partial charge is 0.349 e. The predicted molar refractivity (Wildman–Crippen MR) is 179 cm³/mol. The fraction of sp³-hybridized carbons (Fsp3) is 0.424. The zero-order valence-electron chi connectivity index (χ0n) is 25.9. The number of hydrogen-bond acceptors (Lipinski definition) is 11. The van der Waals surface area contributed by atoms with E-state index in [1.165, 1.54) is 24.2 Å². The van der Waals surface area contributed by atoms with E-state index in [0.717, 1.165) is 0 Å². The Hall–Kier alpha value is -3.54. The highest BCUT2D eigenvalue weighted by atomic mass is 127. The van der Waals surface area contributed by atoms with Gasteiger partial charge >= 0.3 is 5.63 Å². The number of aliphatic hydroxyl groups is 3. The van der Waals surface area contributed by atoms with Crippen LogP contribution in [0.15, 0.2) is 63.3 Å². The summed E-state index contributed by atoms with van der Waals surface area (Å²) < 4.78 is 23.4. The van der Waals surface area contributed by atoms with Crippen molar-refractivity contribution in [2.24, 2.45) is 0 Å². The minimum absolute atomic E-state index is 0.00106. The molecule has 1 saturated heterocycles. The van der Waals surface area contributed by atoms with Crippen LogP contribution >= 0.6 is 22.6 Å². The first-order valence-corrected chi connectivity index (χ1v) is 16.4. The van der Waals surface area contributed by atoms with Gasteiger partial charge in [0.15, 0.2) is 11.5 Å². The van der Waals surface area contributed by atoms with Crippen LogP contribution in [0, 0.1) is 3.57 Å². The van der Waals surface area contributed by atoms with Gasteiger partial charge in [-0.15, -0.1) is 0 Å². The molecule has 3 unspecified atom stereocenters. The first-order chi connectivity index (χ1) is 22.7. The van der Waals surface area contributed by atoms with Gasteiger partial charge in [-0.2, -0.15) is 0 Å². The van der Waals surface area contributed by atoms with Gasteiger partial charge in [-0.1, -0.05) is 18.2 Å². The highest BCUT2D eigenvalue weighted by Crippen LogP contribution is 2.37. The lowest BCUT2D eigenvalue weighted by Crippen LogP contribution is -2.57. The summed E-state index contributed by atoms with van der Waals surface area (Å²) in [4.78, 5) is 44.3. The van der Waals surface area contributed by atoms with E-state index in [4.69, 9.17) is 18.6 Å². The van der Waals surface area contributed by atoms with Crippen LogP contribution < -0.4 is 20.4 Å². The van der Waals surface area contributed by atoms with Gasteiger partial charge in [-0.25, -0.2) is 4.79 Å². The number of aliphatic hydroxyl groups excluding tert-OH is 3. The van der Waals surface area contributed by atoms with Gasteiger partial charge in [0.05, 0.1) is 43.1 Å². The Balaban J connectivity index is 1.54. The molecule has 2 heterocycles. The fourth-order valence-electron chi connectivity index (χ4n) is 5.75. The molecule has 0 saturated carbocycles. The molecule has 13 nitrogen and oxygen atoms in total. The summed E-state index contributed by atoms with van der Waals surface area (Å²) >= 11 is 2.03.